The second-order valence-electron chi connectivity index (χ2n) is 4.00. The molecule has 0 spiro atoms. The molecule has 2 aromatic rings. The zero-order valence-corrected chi connectivity index (χ0v) is 12.6. The molecule has 0 amide bonds. The molecule has 0 atom stereocenters. The third-order valence-electron chi connectivity index (χ3n) is 2.69. The molecule has 0 bridgehead atoms. The van der Waals surface area contributed by atoms with Crippen LogP contribution >= 0.6 is 27.5 Å². The third kappa shape index (κ3) is 2.96. The Morgan fingerprint density at radius 2 is 1.85 bits per heavy atom. The minimum absolute atomic E-state index is 0.0250. The molecular formula is C13H9BrClF3N2. The average molecular weight is 366 g/mol. The summed E-state index contributed by atoms with van der Waals surface area (Å²) in [4.78, 5) is 8.09. The summed E-state index contributed by atoms with van der Waals surface area (Å²) in [6.45, 7) is 1.84. The predicted octanol–water partition coefficient (Wildman–Crippen LogP) is 5.14. The Morgan fingerprint density at radius 3 is 2.45 bits per heavy atom. The fraction of sp³-hybridized carbons (Fsp3) is 0.231. The van der Waals surface area contributed by atoms with Crippen molar-refractivity contribution < 1.29 is 13.2 Å². The SMILES string of the molecule is CCc1nc(-c2ccccc2C(F)(F)F)nc(Cl)c1Br. The fourth-order valence-electron chi connectivity index (χ4n) is 1.74. The zero-order chi connectivity index (χ0) is 14.9. The van der Waals surface area contributed by atoms with Gasteiger partial charge in [0.25, 0.3) is 0 Å². The lowest BCUT2D eigenvalue weighted by Crippen LogP contribution is -2.08. The van der Waals surface area contributed by atoms with E-state index in [2.05, 4.69) is 25.9 Å². The summed E-state index contributed by atoms with van der Waals surface area (Å²) in [5.41, 5.74) is -0.290. The topological polar surface area (TPSA) is 25.8 Å². The van der Waals surface area contributed by atoms with Gasteiger partial charge in [0.1, 0.15) is 5.15 Å². The minimum atomic E-state index is -4.47. The van der Waals surface area contributed by atoms with Crippen LogP contribution < -0.4 is 0 Å². The second-order valence-corrected chi connectivity index (χ2v) is 5.15. The molecule has 0 aliphatic rings. The molecule has 0 saturated carbocycles. The number of rotatable bonds is 2. The molecule has 106 valence electrons. The maximum atomic E-state index is 13.0. The molecule has 0 fully saturated rings. The highest BCUT2D eigenvalue weighted by Gasteiger charge is 2.34. The monoisotopic (exact) mass is 364 g/mol. The van der Waals surface area contributed by atoms with Crippen LogP contribution in [0, 0.1) is 0 Å². The van der Waals surface area contributed by atoms with Gasteiger partial charge in [0, 0.05) is 5.56 Å². The largest absolute Gasteiger partial charge is 0.417 e. The van der Waals surface area contributed by atoms with Gasteiger partial charge >= 0.3 is 6.18 Å². The van der Waals surface area contributed by atoms with E-state index < -0.39 is 11.7 Å². The fourth-order valence-corrected chi connectivity index (χ4v) is 2.39. The van der Waals surface area contributed by atoms with Crippen LogP contribution in [0.4, 0.5) is 13.2 Å². The summed E-state index contributed by atoms with van der Waals surface area (Å²) in [6, 6.07) is 5.17. The molecule has 2 nitrogen and oxygen atoms in total. The molecule has 1 heterocycles. The highest BCUT2D eigenvalue weighted by molar-refractivity contribution is 9.10. The van der Waals surface area contributed by atoms with Crippen molar-refractivity contribution in [1.82, 2.24) is 9.97 Å². The van der Waals surface area contributed by atoms with Gasteiger partial charge in [-0.25, -0.2) is 9.97 Å². The highest BCUT2D eigenvalue weighted by atomic mass is 79.9. The molecule has 0 N–H and O–H groups in total. The number of aromatic nitrogens is 2. The van der Waals surface area contributed by atoms with Gasteiger partial charge in [0.15, 0.2) is 5.82 Å². The van der Waals surface area contributed by atoms with E-state index in [1.54, 1.807) is 0 Å². The van der Waals surface area contributed by atoms with Gasteiger partial charge in [-0.1, -0.05) is 36.7 Å². The minimum Gasteiger partial charge on any atom is -0.232 e. The number of hydrogen-bond acceptors (Lipinski definition) is 2. The summed E-state index contributed by atoms with van der Waals surface area (Å²) in [7, 11) is 0. The smallest absolute Gasteiger partial charge is 0.232 e. The van der Waals surface area contributed by atoms with Gasteiger partial charge in [-0.3, -0.25) is 0 Å². The van der Waals surface area contributed by atoms with Crippen LogP contribution in [0.15, 0.2) is 28.7 Å². The van der Waals surface area contributed by atoms with E-state index in [4.69, 9.17) is 11.6 Å². The quantitative estimate of drug-likeness (QED) is 0.689. The van der Waals surface area contributed by atoms with Crippen molar-refractivity contribution in [3.05, 3.63) is 45.1 Å². The van der Waals surface area contributed by atoms with Crippen molar-refractivity contribution in [2.75, 3.05) is 0 Å². The van der Waals surface area contributed by atoms with Crippen molar-refractivity contribution in [1.29, 1.82) is 0 Å². The lowest BCUT2D eigenvalue weighted by Gasteiger charge is -2.13. The van der Waals surface area contributed by atoms with Crippen LogP contribution in [0.1, 0.15) is 18.2 Å². The molecule has 1 aromatic carbocycles. The van der Waals surface area contributed by atoms with E-state index in [1.807, 2.05) is 6.92 Å². The predicted molar refractivity (Wildman–Crippen MR) is 74.6 cm³/mol. The number of aryl methyl sites for hydroxylation is 1. The van der Waals surface area contributed by atoms with E-state index in [1.165, 1.54) is 18.2 Å². The number of hydrogen-bond donors (Lipinski definition) is 0. The van der Waals surface area contributed by atoms with Gasteiger partial charge in [-0.05, 0) is 28.4 Å². The third-order valence-corrected chi connectivity index (χ3v) is 4.02. The molecule has 0 unspecified atom stereocenters. The molecule has 1 aromatic heterocycles. The Balaban J connectivity index is 2.67. The van der Waals surface area contributed by atoms with Crippen molar-refractivity contribution in [2.24, 2.45) is 0 Å². The average Bonchev–Trinajstić information content (AvgIpc) is 2.40. The van der Waals surface area contributed by atoms with E-state index in [0.29, 0.717) is 16.6 Å². The molecule has 20 heavy (non-hydrogen) atoms. The normalized spacial score (nSPS) is 11.7. The van der Waals surface area contributed by atoms with Crippen LogP contribution in [0.25, 0.3) is 11.4 Å². The molecule has 2 rings (SSSR count). The Kier molecular flexibility index (Phi) is 4.34. The lowest BCUT2D eigenvalue weighted by molar-refractivity contribution is -0.137. The van der Waals surface area contributed by atoms with Gasteiger partial charge in [-0.15, -0.1) is 0 Å². The van der Waals surface area contributed by atoms with Gasteiger partial charge in [0.05, 0.1) is 15.7 Å². The second kappa shape index (κ2) is 5.69. The number of halogens is 5. The molecule has 0 radical (unpaired) electrons. The first-order valence-corrected chi connectivity index (χ1v) is 6.90. The molecule has 7 heteroatoms. The summed E-state index contributed by atoms with van der Waals surface area (Å²) >= 11 is 9.16. The van der Waals surface area contributed by atoms with Crippen LogP contribution in [-0.4, -0.2) is 9.97 Å². The van der Waals surface area contributed by atoms with Crippen LogP contribution in [0.5, 0.6) is 0 Å². The van der Waals surface area contributed by atoms with E-state index in [9.17, 15) is 13.2 Å². The van der Waals surface area contributed by atoms with Crippen molar-refractivity contribution in [3.8, 4) is 11.4 Å². The maximum absolute atomic E-state index is 13.0. The highest BCUT2D eigenvalue weighted by Crippen LogP contribution is 2.37. The van der Waals surface area contributed by atoms with Crippen molar-refractivity contribution in [3.63, 3.8) is 0 Å². The van der Waals surface area contributed by atoms with Crippen LogP contribution in [0.2, 0.25) is 5.15 Å². The zero-order valence-electron chi connectivity index (χ0n) is 10.3. The van der Waals surface area contributed by atoms with Crippen LogP contribution in [-0.2, 0) is 12.6 Å². The Labute approximate surface area is 127 Å². The van der Waals surface area contributed by atoms with Gasteiger partial charge in [-0.2, -0.15) is 13.2 Å². The number of benzene rings is 1. The summed E-state index contributed by atoms with van der Waals surface area (Å²) < 4.78 is 39.5. The summed E-state index contributed by atoms with van der Waals surface area (Å²) in [6.07, 6.45) is -3.93. The molecular weight excluding hydrogens is 357 g/mol. The van der Waals surface area contributed by atoms with Crippen molar-refractivity contribution >= 4 is 27.5 Å². The Bertz CT molecular complexity index is 644. The maximum Gasteiger partial charge on any atom is 0.417 e. The van der Waals surface area contributed by atoms with E-state index in [-0.39, 0.29) is 16.5 Å². The standard InChI is InChI=1S/C13H9BrClF3N2/c1-2-9-10(14)11(15)20-12(19-9)7-5-3-4-6-8(7)13(16,17)18/h3-6H,2H2,1H3. The first-order valence-electron chi connectivity index (χ1n) is 5.73. The van der Waals surface area contributed by atoms with Crippen LogP contribution in [0.3, 0.4) is 0 Å². The Hall–Kier alpha value is -1.14. The van der Waals surface area contributed by atoms with Gasteiger partial charge < -0.3 is 0 Å². The van der Waals surface area contributed by atoms with E-state index in [0.717, 1.165) is 6.07 Å². The van der Waals surface area contributed by atoms with Gasteiger partial charge in [0.2, 0.25) is 0 Å². The lowest BCUT2D eigenvalue weighted by atomic mass is 10.1. The first kappa shape index (κ1) is 15.3. The summed E-state index contributed by atoms with van der Waals surface area (Å²) in [5.74, 6) is -0.0250. The molecule has 0 aliphatic carbocycles. The molecule has 0 saturated heterocycles. The van der Waals surface area contributed by atoms with Crippen molar-refractivity contribution in [2.45, 2.75) is 19.5 Å². The first-order chi connectivity index (χ1) is 9.34. The van der Waals surface area contributed by atoms with E-state index >= 15 is 0 Å². The molecule has 0 aliphatic heterocycles. The Morgan fingerprint density at radius 1 is 1.20 bits per heavy atom. The number of nitrogens with zero attached hydrogens (tertiary/aromatic N) is 2. The summed E-state index contributed by atoms with van der Waals surface area (Å²) in [5, 5.41) is 0.101. The number of alkyl halides is 3.